The van der Waals surface area contributed by atoms with Crippen molar-refractivity contribution in [2.24, 2.45) is 11.8 Å². The van der Waals surface area contributed by atoms with Crippen molar-refractivity contribution in [3.05, 3.63) is 28.8 Å². The van der Waals surface area contributed by atoms with Crippen LogP contribution >= 0.6 is 11.6 Å². The fourth-order valence-electron chi connectivity index (χ4n) is 3.14. The van der Waals surface area contributed by atoms with Crippen LogP contribution in [0.1, 0.15) is 37.3 Å². The first-order valence-corrected chi connectivity index (χ1v) is 8.44. The SMILES string of the molecule is COc1ccc(C(NC(=O)C2CCCC(C(F)(F)F)C2)C(=O)O)cc1Cl. The summed E-state index contributed by atoms with van der Waals surface area (Å²) in [5.74, 6) is -4.09. The van der Waals surface area contributed by atoms with Crippen LogP contribution in [0.4, 0.5) is 13.2 Å². The summed E-state index contributed by atoms with van der Waals surface area (Å²) >= 11 is 5.98. The maximum Gasteiger partial charge on any atom is 0.391 e. The van der Waals surface area contributed by atoms with E-state index in [1.165, 1.54) is 25.3 Å². The summed E-state index contributed by atoms with van der Waals surface area (Å²) in [5, 5.41) is 11.9. The minimum atomic E-state index is -4.35. The lowest BCUT2D eigenvalue weighted by molar-refractivity contribution is -0.186. The normalized spacial score (nSPS) is 21.7. The molecule has 0 spiro atoms. The number of carbonyl (C=O) groups excluding carboxylic acids is 1. The van der Waals surface area contributed by atoms with Gasteiger partial charge in [-0.15, -0.1) is 0 Å². The number of aliphatic carboxylic acids is 1. The van der Waals surface area contributed by atoms with Crippen LogP contribution in [-0.4, -0.2) is 30.3 Å². The Morgan fingerprint density at radius 3 is 2.58 bits per heavy atom. The zero-order chi connectivity index (χ0) is 19.5. The molecule has 1 aliphatic carbocycles. The minimum absolute atomic E-state index is 0.0102. The number of hydrogen-bond acceptors (Lipinski definition) is 3. The lowest BCUT2D eigenvalue weighted by Gasteiger charge is -2.30. The van der Waals surface area contributed by atoms with E-state index in [0.29, 0.717) is 12.2 Å². The Bertz CT molecular complexity index is 680. The number of nitrogens with one attached hydrogen (secondary N) is 1. The molecule has 2 rings (SSSR count). The predicted molar refractivity (Wildman–Crippen MR) is 88.0 cm³/mol. The van der Waals surface area contributed by atoms with E-state index in [1.54, 1.807) is 0 Å². The van der Waals surface area contributed by atoms with Crippen LogP contribution in [0.15, 0.2) is 18.2 Å². The number of carboxylic acids is 1. The maximum atomic E-state index is 12.9. The molecule has 2 N–H and O–H groups in total. The zero-order valence-electron chi connectivity index (χ0n) is 14.0. The van der Waals surface area contributed by atoms with Gasteiger partial charge in [0.2, 0.25) is 5.91 Å². The van der Waals surface area contributed by atoms with Crippen LogP contribution in [0.2, 0.25) is 5.02 Å². The van der Waals surface area contributed by atoms with Crippen LogP contribution in [0, 0.1) is 11.8 Å². The summed E-state index contributed by atoms with van der Waals surface area (Å²) in [4.78, 5) is 23.9. The van der Waals surface area contributed by atoms with Crippen LogP contribution in [0.3, 0.4) is 0 Å². The Morgan fingerprint density at radius 2 is 2.04 bits per heavy atom. The molecule has 1 saturated carbocycles. The molecule has 26 heavy (non-hydrogen) atoms. The second kappa shape index (κ2) is 8.16. The van der Waals surface area contributed by atoms with Gasteiger partial charge in [0.05, 0.1) is 18.1 Å². The number of hydrogen-bond donors (Lipinski definition) is 2. The number of benzene rings is 1. The molecule has 1 amide bonds. The number of halogens is 4. The molecule has 144 valence electrons. The molecule has 1 aromatic rings. The monoisotopic (exact) mass is 393 g/mol. The van der Waals surface area contributed by atoms with Crippen molar-refractivity contribution in [2.75, 3.05) is 7.11 Å². The summed E-state index contributed by atoms with van der Waals surface area (Å²) < 4.78 is 43.7. The number of alkyl halides is 3. The van der Waals surface area contributed by atoms with Gasteiger partial charge in [-0.3, -0.25) is 4.79 Å². The largest absolute Gasteiger partial charge is 0.495 e. The van der Waals surface area contributed by atoms with Gasteiger partial charge in [0.25, 0.3) is 0 Å². The van der Waals surface area contributed by atoms with E-state index in [0.717, 1.165) is 0 Å². The third-order valence-electron chi connectivity index (χ3n) is 4.55. The molecule has 1 aromatic carbocycles. The molecule has 9 heteroatoms. The van der Waals surface area contributed by atoms with Gasteiger partial charge in [-0.25, -0.2) is 4.79 Å². The van der Waals surface area contributed by atoms with Gasteiger partial charge in [0.1, 0.15) is 5.75 Å². The molecule has 3 unspecified atom stereocenters. The highest BCUT2D eigenvalue weighted by Crippen LogP contribution is 2.40. The topological polar surface area (TPSA) is 75.6 Å². The first-order chi connectivity index (χ1) is 12.1. The Hall–Kier alpha value is -1.96. The molecular formula is C17H19ClF3NO4. The first kappa shape index (κ1) is 20.4. The molecule has 0 aromatic heterocycles. The molecule has 1 aliphatic rings. The third-order valence-corrected chi connectivity index (χ3v) is 4.85. The van der Waals surface area contributed by atoms with Gasteiger partial charge >= 0.3 is 12.1 Å². The standard InChI is InChI=1S/C17H19ClF3NO4/c1-26-13-6-5-9(8-12(13)18)14(16(24)25)22-15(23)10-3-2-4-11(7-10)17(19,20)21/h5-6,8,10-11,14H,2-4,7H2,1H3,(H,22,23)(H,24,25). The second-order valence-electron chi connectivity index (χ2n) is 6.28. The molecule has 0 bridgehead atoms. The van der Waals surface area contributed by atoms with Crippen molar-refractivity contribution < 1.29 is 32.6 Å². The lowest BCUT2D eigenvalue weighted by atomic mass is 9.80. The van der Waals surface area contributed by atoms with E-state index in [4.69, 9.17) is 16.3 Å². The molecule has 0 heterocycles. The fraction of sp³-hybridized carbons (Fsp3) is 0.529. The highest BCUT2D eigenvalue weighted by Gasteiger charge is 2.44. The maximum absolute atomic E-state index is 12.9. The average Bonchev–Trinajstić information content (AvgIpc) is 2.58. The Kier molecular flexibility index (Phi) is 6.39. The minimum Gasteiger partial charge on any atom is -0.495 e. The molecule has 3 atom stereocenters. The van der Waals surface area contributed by atoms with Crippen LogP contribution in [0.5, 0.6) is 5.75 Å². The summed E-state index contributed by atoms with van der Waals surface area (Å²) in [6, 6.07) is 2.83. The van der Waals surface area contributed by atoms with Gasteiger partial charge in [0.15, 0.2) is 6.04 Å². The van der Waals surface area contributed by atoms with Crippen LogP contribution in [-0.2, 0) is 9.59 Å². The highest BCUT2D eigenvalue weighted by atomic mass is 35.5. The Morgan fingerprint density at radius 1 is 1.35 bits per heavy atom. The van der Waals surface area contributed by atoms with Crippen molar-refractivity contribution in [2.45, 2.75) is 37.9 Å². The Balaban J connectivity index is 2.13. The van der Waals surface area contributed by atoms with Gasteiger partial charge in [-0.1, -0.05) is 24.1 Å². The van der Waals surface area contributed by atoms with Gasteiger partial charge < -0.3 is 15.2 Å². The van der Waals surface area contributed by atoms with Gasteiger partial charge in [0, 0.05) is 5.92 Å². The van der Waals surface area contributed by atoms with E-state index in [-0.39, 0.29) is 29.8 Å². The second-order valence-corrected chi connectivity index (χ2v) is 6.68. The fourth-order valence-corrected chi connectivity index (χ4v) is 3.40. The lowest BCUT2D eigenvalue weighted by Crippen LogP contribution is -2.41. The molecule has 0 aliphatic heterocycles. The summed E-state index contributed by atoms with van der Waals surface area (Å²) in [5.41, 5.74) is 0.208. The molecule has 0 radical (unpaired) electrons. The van der Waals surface area contributed by atoms with Crippen molar-refractivity contribution in [1.82, 2.24) is 5.32 Å². The summed E-state index contributed by atoms with van der Waals surface area (Å²) in [7, 11) is 1.40. The molecule has 1 fully saturated rings. The molecule has 0 saturated heterocycles. The summed E-state index contributed by atoms with van der Waals surface area (Å²) in [6.45, 7) is 0. The number of amides is 1. The summed E-state index contributed by atoms with van der Waals surface area (Å²) in [6.07, 6.45) is -4.12. The van der Waals surface area contributed by atoms with Gasteiger partial charge in [-0.05, 0) is 37.0 Å². The zero-order valence-corrected chi connectivity index (χ0v) is 14.7. The molecule has 5 nitrogen and oxygen atoms in total. The highest BCUT2D eigenvalue weighted by molar-refractivity contribution is 6.32. The quantitative estimate of drug-likeness (QED) is 0.794. The van der Waals surface area contributed by atoms with Crippen molar-refractivity contribution in [1.29, 1.82) is 0 Å². The van der Waals surface area contributed by atoms with E-state index < -0.39 is 35.9 Å². The van der Waals surface area contributed by atoms with Crippen LogP contribution < -0.4 is 10.1 Å². The molecular weight excluding hydrogens is 375 g/mol. The van der Waals surface area contributed by atoms with Crippen molar-refractivity contribution >= 4 is 23.5 Å². The van der Waals surface area contributed by atoms with Crippen LogP contribution in [0.25, 0.3) is 0 Å². The van der Waals surface area contributed by atoms with Crippen molar-refractivity contribution in [3.63, 3.8) is 0 Å². The van der Waals surface area contributed by atoms with E-state index >= 15 is 0 Å². The van der Waals surface area contributed by atoms with E-state index in [9.17, 15) is 27.9 Å². The number of rotatable bonds is 5. The number of methoxy groups -OCH3 is 1. The van der Waals surface area contributed by atoms with Crippen molar-refractivity contribution in [3.8, 4) is 5.75 Å². The predicted octanol–water partition coefficient (Wildman–Crippen LogP) is 3.96. The smallest absolute Gasteiger partial charge is 0.391 e. The average molecular weight is 394 g/mol. The van der Waals surface area contributed by atoms with E-state index in [2.05, 4.69) is 5.32 Å². The first-order valence-electron chi connectivity index (χ1n) is 8.06. The number of carboxylic acid groups (broad SMARTS) is 1. The van der Waals surface area contributed by atoms with Gasteiger partial charge in [-0.2, -0.15) is 13.2 Å². The van der Waals surface area contributed by atoms with E-state index in [1.807, 2.05) is 0 Å². The Labute approximate surface area is 153 Å². The number of ether oxygens (including phenoxy) is 1. The number of carbonyl (C=O) groups is 2. The third kappa shape index (κ3) is 4.81.